The molecule has 1 nitrogen and oxygen atoms in total. The number of rotatable bonds is 0. The highest BCUT2D eigenvalue weighted by Crippen LogP contribution is 2.10. The molecule has 1 rings (SSSR count). The van der Waals surface area contributed by atoms with Gasteiger partial charge >= 0.3 is 0 Å². The molecule has 1 heterocycles. The van der Waals surface area contributed by atoms with E-state index in [4.69, 9.17) is 0 Å². The zero-order valence-corrected chi connectivity index (χ0v) is 8.62. The Kier molecular flexibility index (Phi) is 57.6. The number of nitrogens with zero attached hydrogens (tertiary/aromatic N) is 1. The fourth-order valence-electron chi connectivity index (χ4n) is 0.506. The lowest BCUT2D eigenvalue weighted by molar-refractivity contribution is 0.801. The van der Waals surface area contributed by atoms with Gasteiger partial charge in [-0.05, 0) is 12.8 Å². The molecule has 0 radical (unpaired) electrons. The third-order valence-electron chi connectivity index (χ3n) is 0.866. The first-order valence-corrected chi connectivity index (χ1v) is 5.36. The second kappa shape index (κ2) is 30.4. The Labute approximate surface area is 81.9 Å². The molecule has 1 aliphatic heterocycles. The second-order valence-corrected chi connectivity index (χ2v) is 2.45. The zero-order chi connectivity index (χ0) is 8.24. The molecule has 0 fully saturated rings. The summed E-state index contributed by atoms with van der Waals surface area (Å²) < 4.78 is 4.15. The molecule has 0 unspecified atom stereocenters. The summed E-state index contributed by atoms with van der Waals surface area (Å²) in [6, 6.07) is 0. The van der Waals surface area contributed by atoms with Crippen molar-refractivity contribution in [2.75, 3.05) is 12.7 Å². The van der Waals surface area contributed by atoms with Gasteiger partial charge < -0.3 is 0 Å². The van der Waals surface area contributed by atoms with E-state index in [1.54, 1.807) is 0 Å². The van der Waals surface area contributed by atoms with Crippen molar-refractivity contribution >= 4 is 8.37 Å². The van der Waals surface area contributed by atoms with Crippen LogP contribution in [0.2, 0.25) is 0 Å². The SMILES string of the molecule is C.C.C1CCP=NC1.CC.CC. The van der Waals surface area contributed by atoms with Crippen LogP contribution >= 0.6 is 8.37 Å². The summed E-state index contributed by atoms with van der Waals surface area (Å²) in [4.78, 5) is 0. The standard InChI is InChI=1S/C4H8NP.2C2H6.2CH4/c1-2-4-6-5-3-1;2*1-2;;/h1-4H2;2*1-2H3;2*1H4. The monoisotopic (exact) mass is 193 g/mol. The van der Waals surface area contributed by atoms with Crippen LogP contribution in [0.15, 0.2) is 4.74 Å². The fraction of sp³-hybridized carbons (Fsp3) is 1.00. The van der Waals surface area contributed by atoms with Gasteiger partial charge in [0.25, 0.3) is 0 Å². The Hall–Kier alpha value is 0.100. The average molecular weight is 193 g/mol. The molecule has 0 aromatic rings. The van der Waals surface area contributed by atoms with Crippen molar-refractivity contribution in [2.45, 2.75) is 55.4 Å². The average Bonchev–Trinajstić information content (AvgIpc) is 2.14. The van der Waals surface area contributed by atoms with E-state index in [1.807, 2.05) is 27.7 Å². The van der Waals surface area contributed by atoms with Crippen LogP contribution in [0.4, 0.5) is 0 Å². The molecule has 78 valence electrons. The van der Waals surface area contributed by atoms with E-state index in [0.717, 1.165) is 6.54 Å². The van der Waals surface area contributed by atoms with Crippen LogP contribution < -0.4 is 0 Å². The van der Waals surface area contributed by atoms with E-state index in [2.05, 4.69) is 4.74 Å². The summed E-state index contributed by atoms with van der Waals surface area (Å²) in [7, 11) is 1.32. The van der Waals surface area contributed by atoms with Crippen molar-refractivity contribution in [1.29, 1.82) is 0 Å². The topological polar surface area (TPSA) is 12.4 Å². The summed E-state index contributed by atoms with van der Waals surface area (Å²) in [6.45, 7) is 9.11. The normalized spacial score (nSPS) is 13.0. The molecule has 1 aliphatic rings. The van der Waals surface area contributed by atoms with E-state index >= 15 is 0 Å². The lowest BCUT2D eigenvalue weighted by Gasteiger charge is -1.96. The molecule has 12 heavy (non-hydrogen) atoms. The molecular weight excluding hydrogens is 165 g/mol. The Morgan fingerprint density at radius 3 is 1.50 bits per heavy atom. The molecule has 2 heteroatoms. The van der Waals surface area contributed by atoms with E-state index < -0.39 is 0 Å². The van der Waals surface area contributed by atoms with Crippen molar-refractivity contribution in [2.24, 2.45) is 4.74 Å². The minimum atomic E-state index is 0. The van der Waals surface area contributed by atoms with Crippen LogP contribution in [0, 0.1) is 0 Å². The Balaban J connectivity index is -0.0000000480. The summed E-state index contributed by atoms with van der Waals surface area (Å²) in [5.74, 6) is 0. The zero-order valence-electron chi connectivity index (χ0n) is 7.72. The first-order valence-electron chi connectivity index (χ1n) is 4.33. The number of hydrogen-bond acceptors (Lipinski definition) is 1. The van der Waals surface area contributed by atoms with Gasteiger partial charge in [-0.1, -0.05) is 42.5 Å². The molecule has 0 bridgehead atoms. The second-order valence-electron chi connectivity index (χ2n) is 1.44. The third kappa shape index (κ3) is 22.5. The summed E-state index contributed by atoms with van der Waals surface area (Å²) >= 11 is 0. The molecule has 0 spiro atoms. The first kappa shape index (κ1) is 22.7. The third-order valence-corrected chi connectivity index (χ3v) is 1.78. The van der Waals surface area contributed by atoms with Gasteiger partial charge in [-0.25, -0.2) is 0 Å². The minimum absolute atomic E-state index is 0. The quantitative estimate of drug-likeness (QED) is 0.467. The predicted octanol–water partition coefficient (Wildman–Crippen LogP) is 5.23. The highest BCUT2D eigenvalue weighted by molar-refractivity contribution is 7.26. The lowest BCUT2D eigenvalue weighted by atomic mass is 10.3. The van der Waals surface area contributed by atoms with E-state index in [0.29, 0.717) is 0 Å². The van der Waals surface area contributed by atoms with Crippen LogP contribution in [0.5, 0.6) is 0 Å². The molecular formula is C10H28NP. The highest BCUT2D eigenvalue weighted by atomic mass is 31.1. The van der Waals surface area contributed by atoms with Crippen molar-refractivity contribution < 1.29 is 0 Å². The molecule has 0 N–H and O–H groups in total. The van der Waals surface area contributed by atoms with Gasteiger partial charge in [0.05, 0.1) is 0 Å². The molecule has 0 aliphatic carbocycles. The molecule has 0 amide bonds. The lowest BCUT2D eigenvalue weighted by Crippen LogP contribution is -1.84. The minimum Gasteiger partial charge on any atom is -0.269 e. The van der Waals surface area contributed by atoms with Gasteiger partial charge in [-0.15, -0.1) is 0 Å². The maximum atomic E-state index is 4.15. The molecule has 0 aromatic carbocycles. The first-order chi connectivity index (χ1) is 5.00. The van der Waals surface area contributed by atoms with Crippen molar-refractivity contribution in [1.82, 2.24) is 0 Å². The van der Waals surface area contributed by atoms with E-state index in [9.17, 15) is 0 Å². The van der Waals surface area contributed by atoms with Crippen molar-refractivity contribution in [3.63, 3.8) is 0 Å². The van der Waals surface area contributed by atoms with Crippen LogP contribution in [0.25, 0.3) is 0 Å². The summed E-state index contributed by atoms with van der Waals surface area (Å²) in [6.07, 6.45) is 4.03. The molecule has 0 aromatic heterocycles. The Bertz CT molecular complexity index is 54.9. The smallest absolute Gasteiger partial charge is 0.0433 e. The van der Waals surface area contributed by atoms with E-state index in [-0.39, 0.29) is 14.9 Å². The van der Waals surface area contributed by atoms with Gasteiger partial charge in [-0.3, -0.25) is 4.74 Å². The largest absolute Gasteiger partial charge is 0.269 e. The van der Waals surface area contributed by atoms with Crippen molar-refractivity contribution in [3.8, 4) is 0 Å². The highest BCUT2D eigenvalue weighted by Gasteiger charge is 1.88. The number of hydrogen-bond donors (Lipinski definition) is 0. The van der Waals surface area contributed by atoms with Crippen LogP contribution in [0.3, 0.4) is 0 Å². The Morgan fingerprint density at radius 2 is 1.42 bits per heavy atom. The van der Waals surface area contributed by atoms with Crippen LogP contribution in [-0.4, -0.2) is 12.7 Å². The molecule has 0 saturated heterocycles. The summed E-state index contributed by atoms with van der Waals surface area (Å²) in [5, 5.41) is 0. The molecule has 0 atom stereocenters. The van der Waals surface area contributed by atoms with Gasteiger partial charge in [-0.2, -0.15) is 0 Å². The van der Waals surface area contributed by atoms with Crippen LogP contribution in [0.1, 0.15) is 55.4 Å². The Morgan fingerprint density at radius 1 is 0.917 bits per heavy atom. The van der Waals surface area contributed by atoms with Crippen LogP contribution in [-0.2, 0) is 0 Å². The van der Waals surface area contributed by atoms with Gasteiger partial charge in [0, 0.05) is 21.1 Å². The maximum absolute atomic E-state index is 4.15. The fourth-order valence-corrected chi connectivity index (χ4v) is 1.30. The predicted molar refractivity (Wildman–Crippen MR) is 64.5 cm³/mol. The van der Waals surface area contributed by atoms with Gasteiger partial charge in [0.1, 0.15) is 0 Å². The molecule has 0 saturated carbocycles. The van der Waals surface area contributed by atoms with Gasteiger partial charge in [0.15, 0.2) is 0 Å². The van der Waals surface area contributed by atoms with E-state index in [1.165, 1.54) is 27.4 Å². The van der Waals surface area contributed by atoms with Gasteiger partial charge in [0.2, 0.25) is 0 Å². The maximum Gasteiger partial charge on any atom is 0.0433 e. The summed E-state index contributed by atoms with van der Waals surface area (Å²) in [5.41, 5.74) is 0. The van der Waals surface area contributed by atoms with Crippen molar-refractivity contribution in [3.05, 3.63) is 0 Å².